The van der Waals surface area contributed by atoms with Gasteiger partial charge in [0.1, 0.15) is 0 Å². The molecule has 0 atom stereocenters. The van der Waals surface area contributed by atoms with Crippen LogP contribution in [-0.2, 0) is 0 Å². The fourth-order valence-corrected chi connectivity index (χ4v) is 2.29. The minimum atomic E-state index is -4.69. The molecule has 1 aromatic rings. The Bertz CT molecular complexity index is 354. The Hall–Kier alpha value is 0.200. The Kier molecular flexibility index (Phi) is 3.83. The van der Waals surface area contributed by atoms with E-state index in [1.54, 1.807) is 35.6 Å². The second-order valence-electron chi connectivity index (χ2n) is 2.39. The summed E-state index contributed by atoms with van der Waals surface area (Å²) in [5.74, 6) is -0.393. The van der Waals surface area contributed by atoms with E-state index in [0.29, 0.717) is 9.26 Å². The third-order valence-electron chi connectivity index (χ3n) is 1.29. The van der Waals surface area contributed by atoms with Gasteiger partial charge in [0.15, 0.2) is 0 Å². The summed E-state index contributed by atoms with van der Waals surface area (Å²) in [5, 5.41) is 0. The van der Waals surface area contributed by atoms with Gasteiger partial charge in [-0.05, 0) is 58.2 Å². The molecular formula is C7H4F3I2NO. The number of aryl methyl sites for hydroxylation is 1. The first kappa shape index (κ1) is 12.3. The Morgan fingerprint density at radius 2 is 1.86 bits per heavy atom. The number of rotatable bonds is 1. The second kappa shape index (κ2) is 4.37. The van der Waals surface area contributed by atoms with Gasteiger partial charge in [-0.3, -0.25) is 0 Å². The van der Waals surface area contributed by atoms with Crippen LogP contribution >= 0.6 is 45.2 Å². The first-order valence-electron chi connectivity index (χ1n) is 3.38. The first-order valence-corrected chi connectivity index (χ1v) is 5.54. The molecule has 0 aliphatic heterocycles. The van der Waals surface area contributed by atoms with Crippen molar-refractivity contribution >= 4 is 45.2 Å². The normalized spacial score (nSPS) is 11.6. The van der Waals surface area contributed by atoms with Crippen LogP contribution in [0, 0.1) is 14.1 Å². The lowest BCUT2D eigenvalue weighted by Crippen LogP contribution is -2.19. The monoisotopic (exact) mass is 429 g/mol. The smallest absolute Gasteiger partial charge is 0.387 e. The van der Waals surface area contributed by atoms with Gasteiger partial charge < -0.3 is 4.74 Å². The average Bonchev–Trinajstić information content (AvgIpc) is 1.97. The molecule has 0 bridgehead atoms. The summed E-state index contributed by atoms with van der Waals surface area (Å²) in [6.45, 7) is 1.63. The largest absolute Gasteiger partial charge is 0.574 e. The van der Waals surface area contributed by atoms with E-state index in [2.05, 4.69) is 9.72 Å². The summed E-state index contributed by atoms with van der Waals surface area (Å²) in [4.78, 5) is 3.70. The van der Waals surface area contributed by atoms with Crippen molar-refractivity contribution in [2.45, 2.75) is 13.3 Å². The van der Waals surface area contributed by atoms with Crippen LogP contribution in [-0.4, -0.2) is 11.3 Å². The van der Waals surface area contributed by atoms with Crippen LogP contribution in [0.1, 0.15) is 5.69 Å². The molecular weight excluding hydrogens is 425 g/mol. The van der Waals surface area contributed by atoms with Gasteiger partial charge in [-0.1, -0.05) is 0 Å². The van der Waals surface area contributed by atoms with Crippen LogP contribution in [0.5, 0.6) is 5.88 Å². The summed E-state index contributed by atoms with van der Waals surface area (Å²) in [6.07, 6.45) is -4.69. The Balaban J connectivity index is 3.04. The van der Waals surface area contributed by atoms with E-state index in [-0.39, 0.29) is 0 Å². The molecule has 1 rings (SSSR count). The van der Waals surface area contributed by atoms with Gasteiger partial charge in [-0.2, -0.15) is 0 Å². The zero-order chi connectivity index (χ0) is 10.9. The Labute approximate surface area is 106 Å². The predicted molar refractivity (Wildman–Crippen MR) is 61.1 cm³/mol. The fraction of sp³-hybridized carbons (Fsp3) is 0.286. The van der Waals surface area contributed by atoms with Gasteiger partial charge >= 0.3 is 6.36 Å². The van der Waals surface area contributed by atoms with Crippen molar-refractivity contribution in [1.82, 2.24) is 4.98 Å². The average molecular weight is 429 g/mol. The van der Waals surface area contributed by atoms with Crippen molar-refractivity contribution in [2.75, 3.05) is 0 Å². The van der Waals surface area contributed by atoms with Crippen molar-refractivity contribution < 1.29 is 17.9 Å². The van der Waals surface area contributed by atoms with Crippen LogP contribution in [0.2, 0.25) is 0 Å². The minimum absolute atomic E-state index is 0.343. The Morgan fingerprint density at radius 3 is 2.36 bits per heavy atom. The standard InChI is InChI=1S/C7H4F3I2NO/c1-3-4(11)2-5(12)6(13-3)14-7(8,9)10/h2H,1H3. The van der Waals surface area contributed by atoms with E-state index in [9.17, 15) is 13.2 Å². The van der Waals surface area contributed by atoms with E-state index in [4.69, 9.17) is 0 Å². The third-order valence-corrected chi connectivity index (χ3v) is 3.15. The van der Waals surface area contributed by atoms with E-state index in [0.717, 1.165) is 3.57 Å². The SMILES string of the molecule is Cc1nc(OC(F)(F)F)c(I)cc1I. The van der Waals surface area contributed by atoms with Crippen molar-refractivity contribution in [1.29, 1.82) is 0 Å². The van der Waals surface area contributed by atoms with Crippen LogP contribution in [0.3, 0.4) is 0 Å². The molecule has 0 saturated heterocycles. The number of alkyl halides is 3. The predicted octanol–water partition coefficient (Wildman–Crippen LogP) is 3.50. The van der Waals surface area contributed by atoms with Crippen LogP contribution in [0.4, 0.5) is 13.2 Å². The first-order chi connectivity index (χ1) is 6.29. The van der Waals surface area contributed by atoms with Gasteiger partial charge in [0, 0.05) is 3.57 Å². The maximum atomic E-state index is 11.9. The summed E-state index contributed by atoms with van der Waals surface area (Å²) in [5.41, 5.74) is 0.519. The minimum Gasteiger partial charge on any atom is -0.387 e. The highest BCUT2D eigenvalue weighted by Gasteiger charge is 2.32. The highest BCUT2D eigenvalue weighted by molar-refractivity contribution is 14.1. The number of ether oxygens (including phenoxy) is 1. The molecule has 2 nitrogen and oxygen atoms in total. The molecule has 0 aliphatic carbocycles. The van der Waals surface area contributed by atoms with Gasteiger partial charge in [0.25, 0.3) is 0 Å². The molecule has 1 aromatic heterocycles. The highest BCUT2D eigenvalue weighted by Crippen LogP contribution is 2.27. The van der Waals surface area contributed by atoms with Crippen molar-refractivity contribution in [3.8, 4) is 5.88 Å². The number of hydrogen-bond donors (Lipinski definition) is 0. The molecule has 0 N–H and O–H groups in total. The van der Waals surface area contributed by atoms with Crippen LogP contribution < -0.4 is 4.74 Å². The maximum absolute atomic E-state index is 11.9. The van der Waals surface area contributed by atoms with Crippen LogP contribution in [0.25, 0.3) is 0 Å². The Morgan fingerprint density at radius 1 is 1.29 bits per heavy atom. The second-order valence-corrected chi connectivity index (χ2v) is 4.71. The van der Waals surface area contributed by atoms with E-state index >= 15 is 0 Å². The lowest BCUT2D eigenvalue weighted by atomic mass is 10.4. The van der Waals surface area contributed by atoms with Gasteiger partial charge in [-0.15, -0.1) is 13.2 Å². The zero-order valence-corrected chi connectivity index (χ0v) is 11.1. The summed E-state index contributed by atoms with van der Waals surface area (Å²) >= 11 is 3.75. The maximum Gasteiger partial charge on any atom is 0.574 e. The zero-order valence-electron chi connectivity index (χ0n) is 6.82. The summed E-state index contributed by atoms with van der Waals surface area (Å²) < 4.78 is 40.6. The molecule has 0 fully saturated rings. The van der Waals surface area contributed by atoms with Crippen molar-refractivity contribution in [3.05, 3.63) is 18.9 Å². The number of halogens is 5. The molecule has 0 spiro atoms. The fourth-order valence-electron chi connectivity index (χ4n) is 0.718. The molecule has 0 aromatic carbocycles. The molecule has 1 heterocycles. The van der Waals surface area contributed by atoms with Crippen molar-refractivity contribution in [3.63, 3.8) is 0 Å². The summed E-state index contributed by atoms with van der Waals surface area (Å²) in [7, 11) is 0. The molecule has 0 aliphatic rings. The van der Waals surface area contributed by atoms with Crippen LogP contribution in [0.15, 0.2) is 6.07 Å². The number of nitrogens with zero attached hydrogens (tertiary/aromatic N) is 1. The molecule has 0 radical (unpaired) electrons. The number of hydrogen-bond acceptors (Lipinski definition) is 2. The van der Waals surface area contributed by atoms with Gasteiger partial charge in [-0.25, -0.2) is 4.98 Å². The molecule has 78 valence electrons. The van der Waals surface area contributed by atoms with Crippen molar-refractivity contribution in [2.24, 2.45) is 0 Å². The molecule has 0 unspecified atom stereocenters. The highest BCUT2D eigenvalue weighted by atomic mass is 127. The van der Waals surface area contributed by atoms with E-state index in [1.807, 2.05) is 22.6 Å². The third kappa shape index (κ3) is 3.41. The molecule has 7 heteroatoms. The van der Waals surface area contributed by atoms with Gasteiger partial charge in [0.2, 0.25) is 5.88 Å². The quantitative estimate of drug-likeness (QED) is 0.639. The molecule has 0 saturated carbocycles. The lowest BCUT2D eigenvalue weighted by Gasteiger charge is -2.10. The summed E-state index contributed by atoms with van der Waals surface area (Å²) in [6, 6.07) is 1.59. The van der Waals surface area contributed by atoms with E-state index in [1.165, 1.54) is 0 Å². The topological polar surface area (TPSA) is 22.1 Å². The lowest BCUT2D eigenvalue weighted by molar-refractivity contribution is -0.276. The number of pyridine rings is 1. The van der Waals surface area contributed by atoms with E-state index < -0.39 is 12.2 Å². The number of aromatic nitrogens is 1. The van der Waals surface area contributed by atoms with Gasteiger partial charge in [0.05, 0.1) is 9.26 Å². The molecule has 0 amide bonds. The molecule has 14 heavy (non-hydrogen) atoms.